The summed E-state index contributed by atoms with van der Waals surface area (Å²) in [6.07, 6.45) is 4.00. The molecule has 1 aromatic rings. The third-order valence-electron chi connectivity index (χ3n) is 3.42. The number of benzene rings is 1. The maximum absolute atomic E-state index is 3.19. The SMILES string of the molecule is CNCCCN(C)Cc1cccc(C2CC2)c1. The molecule has 2 heteroatoms. The zero-order valence-electron chi connectivity index (χ0n) is 11.1. The second-order valence-corrected chi connectivity index (χ2v) is 5.21. The maximum Gasteiger partial charge on any atom is 0.0230 e. The average molecular weight is 232 g/mol. The van der Waals surface area contributed by atoms with Crippen molar-refractivity contribution in [2.45, 2.75) is 31.7 Å². The highest BCUT2D eigenvalue weighted by Crippen LogP contribution is 2.40. The Bertz CT molecular complexity index is 345. The van der Waals surface area contributed by atoms with E-state index in [4.69, 9.17) is 0 Å². The van der Waals surface area contributed by atoms with Crippen molar-refractivity contribution in [2.24, 2.45) is 0 Å². The van der Waals surface area contributed by atoms with Gasteiger partial charge in [-0.3, -0.25) is 0 Å². The highest BCUT2D eigenvalue weighted by molar-refractivity contribution is 5.29. The Balaban J connectivity index is 1.82. The van der Waals surface area contributed by atoms with Crippen LogP contribution in [-0.4, -0.2) is 32.1 Å². The van der Waals surface area contributed by atoms with Crippen LogP contribution in [0.1, 0.15) is 36.3 Å². The molecule has 0 aromatic heterocycles. The van der Waals surface area contributed by atoms with Crippen molar-refractivity contribution in [3.63, 3.8) is 0 Å². The molecule has 0 atom stereocenters. The summed E-state index contributed by atoms with van der Waals surface area (Å²) in [6.45, 7) is 3.34. The quantitative estimate of drug-likeness (QED) is 0.727. The Hall–Kier alpha value is -0.860. The van der Waals surface area contributed by atoms with Crippen molar-refractivity contribution < 1.29 is 0 Å². The first-order chi connectivity index (χ1) is 8.29. The number of hydrogen-bond acceptors (Lipinski definition) is 2. The van der Waals surface area contributed by atoms with Crippen molar-refractivity contribution in [1.29, 1.82) is 0 Å². The predicted octanol–water partition coefficient (Wildman–Crippen LogP) is 2.61. The fraction of sp³-hybridized carbons (Fsp3) is 0.600. The molecular formula is C15H24N2. The second kappa shape index (κ2) is 6.18. The van der Waals surface area contributed by atoms with E-state index < -0.39 is 0 Å². The number of rotatable bonds is 7. The smallest absolute Gasteiger partial charge is 0.0230 e. The summed E-state index contributed by atoms with van der Waals surface area (Å²) in [7, 11) is 4.22. The molecule has 2 rings (SSSR count). The van der Waals surface area contributed by atoms with E-state index in [1.165, 1.54) is 24.8 Å². The summed E-state index contributed by atoms with van der Waals surface area (Å²) in [6, 6.07) is 9.14. The maximum atomic E-state index is 3.19. The van der Waals surface area contributed by atoms with E-state index in [0.29, 0.717) is 0 Å². The lowest BCUT2D eigenvalue weighted by Gasteiger charge is -2.17. The van der Waals surface area contributed by atoms with E-state index in [-0.39, 0.29) is 0 Å². The van der Waals surface area contributed by atoms with Gasteiger partial charge < -0.3 is 10.2 Å². The van der Waals surface area contributed by atoms with Gasteiger partial charge in [0.1, 0.15) is 0 Å². The lowest BCUT2D eigenvalue weighted by Crippen LogP contribution is -2.22. The van der Waals surface area contributed by atoms with Crippen molar-refractivity contribution in [1.82, 2.24) is 10.2 Å². The highest BCUT2D eigenvalue weighted by atomic mass is 15.1. The summed E-state index contributed by atoms with van der Waals surface area (Å²) in [4.78, 5) is 2.41. The molecule has 0 heterocycles. The Morgan fingerprint density at radius 1 is 1.35 bits per heavy atom. The molecule has 1 fully saturated rings. The summed E-state index contributed by atoms with van der Waals surface area (Å²) in [5, 5.41) is 3.19. The van der Waals surface area contributed by atoms with Crippen molar-refractivity contribution in [3.05, 3.63) is 35.4 Å². The molecule has 0 bridgehead atoms. The largest absolute Gasteiger partial charge is 0.320 e. The minimum atomic E-state index is 0.865. The Morgan fingerprint density at radius 3 is 2.88 bits per heavy atom. The van der Waals surface area contributed by atoms with E-state index in [1.807, 2.05) is 7.05 Å². The van der Waals surface area contributed by atoms with Crippen LogP contribution in [0.15, 0.2) is 24.3 Å². The van der Waals surface area contributed by atoms with Gasteiger partial charge in [-0.15, -0.1) is 0 Å². The Labute approximate surface area is 105 Å². The van der Waals surface area contributed by atoms with Crippen molar-refractivity contribution >= 4 is 0 Å². The molecule has 94 valence electrons. The zero-order chi connectivity index (χ0) is 12.1. The number of nitrogens with one attached hydrogen (secondary N) is 1. The lowest BCUT2D eigenvalue weighted by molar-refractivity contribution is 0.321. The van der Waals surface area contributed by atoms with Crippen LogP contribution in [0.25, 0.3) is 0 Å². The normalized spacial score (nSPS) is 15.5. The third-order valence-corrected chi connectivity index (χ3v) is 3.42. The summed E-state index contributed by atoms with van der Waals surface area (Å²) in [5.41, 5.74) is 3.01. The van der Waals surface area contributed by atoms with E-state index in [0.717, 1.165) is 25.6 Å². The number of nitrogens with zero attached hydrogens (tertiary/aromatic N) is 1. The number of hydrogen-bond donors (Lipinski definition) is 1. The minimum Gasteiger partial charge on any atom is -0.320 e. The van der Waals surface area contributed by atoms with Gasteiger partial charge in [-0.2, -0.15) is 0 Å². The second-order valence-electron chi connectivity index (χ2n) is 5.21. The van der Waals surface area contributed by atoms with Crippen LogP contribution in [0.3, 0.4) is 0 Å². The highest BCUT2D eigenvalue weighted by Gasteiger charge is 2.23. The van der Waals surface area contributed by atoms with Gasteiger partial charge in [0.2, 0.25) is 0 Å². The van der Waals surface area contributed by atoms with Gasteiger partial charge in [0.15, 0.2) is 0 Å². The molecule has 0 unspecified atom stereocenters. The van der Waals surface area contributed by atoms with E-state index in [1.54, 1.807) is 5.56 Å². The third kappa shape index (κ3) is 4.14. The minimum absolute atomic E-state index is 0.865. The van der Waals surface area contributed by atoms with Gasteiger partial charge in [-0.05, 0) is 63.5 Å². The van der Waals surface area contributed by atoms with Gasteiger partial charge in [0.25, 0.3) is 0 Å². The fourth-order valence-corrected chi connectivity index (χ4v) is 2.28. The Morgan fingerprint density at radius 2 is 2.18 bits per heavy atom. The molecule has 0 amide bonds. The molecule has 1 aliphatic carbocycles. The summed E-state index contributed by atoms with van der Waals surface area (Å²) in [5.74, 6) is 0.865. The van der Waals surface area contributed by atoms with Gasteiger partial charge in [0, 0.05) is 6.54 Å². The van der Waals surface area contributed by atoms with E-state index >= 15 is 0 Å². The molecule has 0 aliphatic heterocycles. The fourth-order valence-electron chi connectivity index (χ4n) is 2.28. The van der Waals surface area contributed by atoms with Gasteiger partial charge in [0.05, 0.1) is 0 Å². The topological polar surface area (TPSA) is 15.3 Å². The lowest BCUT2D eigenvalue weighted by atomic mass is 10.1. The van der Waals surface area contributed by atoms with Crippen LogP contribution >= 0.6 is 0 Å². The van der Waals surface area contributed by atoms with E-state index in [9.17, 15) is 0 Å². The molecule has 1 aromatic carbocycles. The van der Waals surface area contributed by atoms with E-state index in [2.05, 4.69) is 41.5 Å². The van der Waals surface area contributed by atoms with Gasteiger partial charge >= 0.3 is 0 Å². The average Bonchev–Trinajstić information content (AvgIpc) is 3.13. The molecule has 1 aliphatic rings. The van der Waals surface area contributed by atoms with Gasteiger partial charge in [-0.1, -0.05) is 24.3 Å². The van der Waals surface area contributed by atoms with Crippen LogP contribution in [-0.2, 0) is 6.54 Å². The predicted molar refractivity (Wildman–Crippen MR) is 73.3 cm³/mol. The molecule has 0 spiro atoms. The first-order valence-corrected chi connectivity index (χ1v) is 6.71. The first kappa shape index (κ1) is 12.6. The van der Waals surface area contributed by atoms with Crippen LogP contribution < -0.4 is 5.32 Å². The molecule has 0 radical (unpaired) electrons. The summed E-state index contributed by atoms with van der Waals surface area (Å²) < 4.78 is 0. The van der Waals surface area contributed by atoms with Gasteiger partial charge in [-0.25, -0.2) is 0 Å². The first-order valence-electron chi connectivity index (χ1n) is 6.71. The Kier molecular flexibility index (Phi) is 4.57. The van der Waals surface area contributed by atoms with Crippen LogP contribution in [0.2, 0.25) is 0 Å². The zero-order valence-corrected chi connectivity index (χ0v) is 11.1. The molecule has 1 saturated carbocycles. The molecule has 1 N–H and O–H groups in total. The van der Waals surface area contributed by atoms with Crippen LogP contribution in [0, 0.1) is 0 Å². The van der Waals surface area contributed by atoms with Crippen LogP contribution in [0.5, 0.6) is 0 Å². The van der Waals surface area contributed by atoms with Crippen molar-refractivity contribution in [2.75, 3.05) is 27.2 Å². The molecular weight excluding hydrogens is 208 g/mol. The molecule has 2 nitrogen and oxygen atoms in total. The van der Waals surface area contributed by atoms with Crippen molar-refractivity contribution in [3.8, 4) is 0 Å². The summed E-state index contributed by atoms with van der Waals surface area (Å²) >= 11 is 0. The van der Waals surface area contributed by atoms with Crippen LogP contribution in [0.4, 0.5) is 0 Å². The molecule has 0 saturated heterocycles. The molecule has 17 heavy (non-hydrogen) atoms. The standard InChI is InChI=1S/C15H24N2/c1-16-9-4-10-17(2)12-13-5-3-6-15(11-13)14-7-8-14/h3,5-6,11,14,16H,4,7-10,12H2,1-2H3. The monoisotopic (exact) mass is 232 g/mol.